The maximum absolute atomic E-state index is 12.5. The first-order valence-corrected chi connectivity index (χ1v) is 7.67. The lowest BCUT2D eigenvalue weighted by atomic mass is 9.84. The summed E-state index contributed by atoms with van der Waals surface area (Å²) in [7, 11) is 0. The van der Waals surface area contributed by atoms with Gasteiger partial charge in [-0.3, -0.25) is 9.78 Å². The minimum absolute atomic E-state index is 0.321. The Morgan fingerprint density at radius 2 is 2.00 bits per heavy atom. The average Bonchev–Trinajstić information content (AvgIpc) is 3.10. The molecular weight excluding hydrogens is 246 g/mol. The molecule has 2 saturated carbocycles. The second-order valence-corrected chi connectivity index (χ2v) is 6.42. The van der Waals surface area contributed by atoms with Crippen molar-refractivity contribution < 1.29 is 4.79 Å². The van der Waals surface area contributed by atoms with E-state index < -0.39 is 0 Å². The van der Waals surface area contributed by atoms with Crippen molar-refractivity contribution in [3.63, 3.8) is 0 Å². The van der Waals surface area contributed by atoms with Gasteiger partial charge in [0.25, 0.3) is 0 Å². The fourth-order valence-electron chi connectivity index (χ4n) is 4.16. The molecule has 3 atom stereocenters. The van der Waals surface area contributed by atoms with E-state index >= 15 is 0 Å². The highest BCUT2D eigenvalue weighted by Gasteiger charge is 2.42. The molecule has 0 radical (unpaired) electrons. The standard InChI is InChI=1S/C18H19NO/c20-18(16-10-12-5-6-14(16)9-12)11-15-8-7-13-3-1-2-4-17(13)19-15/h1-4,7-8,12,14,16H,5-6,9-11H2. The predicted molar refractivity (Wildman–Crippen MR) is 79.4 cm³/mol. The number of para-hydroxylation sites is 1. The van der Waals surface area contributed by atoms with Crippen LogP contribution in [-0.2, 0) is 11.2 Å². The molecular formula is C18H19NO. The summed E-state index contributed by atoms with van der Waals surface area (Å²) in [5.41, 5.74) is 1.92. The van der Waals surface area contributed by atoms with Gasteiger partial charge in [0.1, 0.15) is 5.78 Å². The number of pyridine rings is 1. The van der Waals surface area contributed by atoms with Crippen LogP contribution in [0.3, 0.4) is 0 Å². The highest BCUT2D eigenvalue weighted by atomic mass is 16.1. The molecule has 1 aromatic carbocycles. The number of aromatic nitrogens is 1. The van der Waals surface area contributed by atoms with Crippen LogP contribution in [0.1, 0.15) is 31.4 Å². The van der Waals surface area contributed by atoms with Gasteiger partial charge in [-0.2, -0.15) is 0 Å². The molecule has 3 unspecified atom stereocenters. The van der Waals surface area contributed by atoms with E-state index in [9.17, 15) is 4.79 Å². The predicted octanol–water partition coefficient (Wildman–Crippen LogP) is 3.78. The zero-order chi connectivity index (χ0) is 13.5. The van der Waals surface area contributed by atoms with E-state index in [4.69, 9.17) is 0 Å². The Kier molecular flexibility index (Phi) is 2.83. The number of ketones is 1. The quantitative estimate of drug-likeness (QED) is 0.845. The van der Waals surface area contributed by atoms with E-state index in [1.807, 2.05) is 24.3 Å². The lowest BCUT2D eigenvalue weighted by Crippen LogP contribution is -2.22. The zero-order valence-electron chi connectivity index (χ0n) is 11.6. The molecule has 0 saturated heterocycles. The number of carbonyl (C=O) groups is 1. The number of Topliss-reactive ketones (excluding diaryl/α,β-unsaturated/α-hetero) is 1. The van der Waals surface area contributed by atoms with Gasteiger partial charge in [-0.05, 0) is 43.2 Å². The Bertz CT molecular complexity index is 663. The smallest absolute Gasteiger partial charge is 0.142 e. The van der Waals surface area contributed by atoms with Gasteiger partial charge in [-0.1, -0.05) is 30.7 Å². The van der Waals surface area contributed by atoms with Gasteiger partial charge in [0.15, 0.2) is 0 Å². The number of benzene rings is 1. The van der Waals surface area contributed by atoms with Gasteiger partial charge < -0.3 is 0 Å². The van der Waals surface area contributed by atoms with Crippen LogP contribution in [0.4, 0.5) is 0 Å². The number of rotatable bonds is 3. The van der Waals surface area contributed by atoms with E-state index in [1.165, 1.54) is 19.3 Å². The highest BCUT2D eigenvalue weighted by molar-refractivity contribution is 5.85. The van der Waals surface area contributed by atoms with Gasteiger partial charge in [-0.25, -0.2) is 0 Å². The first-order chi connectivity index (χ1) is 9.79. The van der Waals surface area contributed by atoms with Crippen molar-refractivity contribution in [1.29, 1.82) is 0 Å². The molecule has 2 aliphatic rings. The Morgan fingerprint density at radius 3 is 2.80 bits per heavy atom. The van der Waals surface area contributed by atoms with Gasteiger partial charge in [0.2, 0.25) is 0 Å². The summed E-state index contributed by atoms with van der Waals surface area (Å²) < 4.78 is 0. The van der Waals surface area contributed by atoms with Crippen molar-refractivity contribution in [2.75, 3.05) is 0 Å². The molecule has 0 aliphatic heterocycles. The zero-order valence-corrected chi connectivity index (χ0v) is 11.6. The van der Waals surface area contributed by atoms with E-state index in [-0.39, 0.29) is 0 Å². The van der Waals surface area contributed by atoms with Gasteiger partial charge in [-0.15, -0.1) is 0 Å². The molecule has 102 valence electrons. The second kappa shape index (κ2) is 4.69. The Morgan fingerprint density at radius 1 is 1.10 bits per heavy atom. The summed E-state index contributed by atoms with van der Waals surface area (Å²) in [6.07, 6.45) is 5.56. The fourth-order valence-corrected chi connectivity index (χ4v) is 4.16. The third-order valence-corrected chi connectivity index (χ3v) is 5.16. The van der Waals surface area contributed by atoms with Gasteiger partial charge in [0, 0.05) is 23.4 Å². The van der Waals surface area contributed by atoms with Gasteiger partial charge >= 0.3 is 0 Å². The first kappa shape index (κ1) is 12.1. The lowest BCUT2D eigenvalue weighted by Gasteiger charge is -2.20. The molecule has 4 rings (SSSR count). The SMILES string of the molecule is O=C(Cc1ccc2ccccc2n1)C1CC2CCC1C2. The van der Waals surface area contributed by atoms with Crippen LogP contribution in [0.15, 0.2) is 36.4 Å². The van der Waals surface area contributed by atoms with Crippen LogP contribution in [0.25, 0.3) is 10.9 Å². The number of carbonyl (C=O) groups excluding carboxylic acids is 1. The van der Waals surface area contributed by atoms with Crippen LogP contribution in [0.5, 0.6) is 0 Å². The maximum atomic E-state index is 12.5. The average molecular weight is 265 g/mol. The fraction of sp³-hybridized carbons (Fsp3) is 0.444. The summed E-state index contributed by atoms with van der Waals surface area (Å²) in [6, 6.07) is 12.2. The molecule has 0 spiro atoms. The lowest BCUT2D eigenvalue weighted by molar-refractivity contribution is -0.123. The van der Waals surface area contributed by atoms with E-state index in [0.29, 0.717) is 24.0 Å². The summed E-state index contributed by atoms with van der Waals surface area (Å²) in [6.45, 7) is 0. The Balaban J connectivity index is 1.53. The Labute approximate surface area is 119 Å². The third-order valence-electron chi connectivity index (χ3n) is 5.16. The van der Waals surface area contributed by atoms with E-state index in [2.05, 4.69) is 17.1 Å². The molecule has 2 nitrogen and oxygen atoms in total. The van der Waals surface area contributed by atoms with Gasteiger partial charge in [0.05, 0.1) is 5.52 Å². The molecule has 2 bridgehead atoms. The molecule has 2 heteroatoms. The number of fused-ring (bicyclic) bond motifs is 3. The topological polar surface area (TPSA) is 30.0 Å². The van der Waals surface area contributed by atoms with Crippen molar-refractivity contribution in [1.82, 2.24) is 4.98 Å². The van der Waals surface area contributed by atoms with Crippen LogP contribution in [0, 0.1) is 17.8 Å². The molecule has 1 heterocycles. The van der Waals surface area contributed by atoms with Crippen molar-refractivity contribution in [3.05, 3.63) is 42.1 Å². The number of nitrogens with zero attached hydrogens (tertiary/aromatic N) is 1. The van der Waals surface area contributed by atoms with Crippen LogP contribution >= 0.6 is 0 Å². The molecule has 2 fully saturated rings. The first-order valence-electron chi connectivity index (χ1n) is 7.67. The molecule has 2 aromatic rings. The third kappa shape index (κ3) is 2.04. The van der Waals surface area contributed by atoms with Crippen molar-refractivity contribution >= 4 is 16.7 Å². The normalized spacial score (nSPS) is 28.1. The number of hydrogen-bond acceptors (Lipinski definition) is 2. The molecule has 2 aliphatic carbocycles. The van der Waals surface area contributed by atoms with Crippen LogP contribution < -0.4 is 0 Å². The van der Waals surface area contributed by atoms with Crippen molar-refractivity contribution in [3.8, 4) is 0 Å². The van der Waals surface area contributed by atoms with Crippen molar-refractivity contribution in [2.24, 2.45) is 17.8 Å². The number of hydrogen-bond donors (Lipinski definition) is 0. The second-order valence-electron chi connectivity index (χ2n) is 6.42. The minimum atomic E-state index is 0.321. The monoisotopic (exact) mass is 265 g/mol. The summed E-state index contributed by atoms with van der Waals surface area (Å²) in [5, 5.41) is 1.14. The van der Waals surface area contributed by atoms with Crippen LogP contribution in [-0.4, -0.2) is 10.8 Å². The minimum Gasteiger partial charge on any atom is -0.299 e. The summed E-state index contributed by atoms with van der Waals surface area (Å²) in [5.74, 6) is 2.24. The largest absolute Gasteiger partial charge is 0.299 e. The van der Waals surface area contributed by atoms with Crippen molar-refractivity contribution in [2.45, 2.75) is 32.1 Å². The molecule has 20 heavy (non-hydrogen) atoms. The molecule has 0 amide bonds. The molecule has 0 N–H and O–H groups in total. The highest BCUT2D eigenvalue weighted by Crippen LogP contribution is 2.48. The van der Waals surface area contributed by atoms with E-state index in [0.717, 1.165) is 28.9 Å². The summed E-state index contributed by atoms with van der Waals surface area (Å²) in [4.78, 5) is 17.1. The maximum Gasteiger partial charge on any atom is 0.142 e. The summed E-state index contributed by atoms with van der Waals surface area (Å²) >= 11 is 0. The van der Waals surface area contributed by atoms with Crippen LogP contribution in [0.2, 0.25) is 0 Å². The molecule has 1 aromatic heterocycles. The van der Waals surface area contributed by atoms with E-state index in [1.54, 1.807) is 0 Å². The Hall–Kier alpha value is -1.70.